The van der Waals surface area contributed by atoms with Gasteiger partial charge in [-0.1, -0.05) is 0 Å². The fourth-order valence-corrected chi connectivity index (χ4v) is 1.71. The molecule has 0 aromatic carbocycles. The maximum Gasteiger partial charge on any atom is 0.234 e. The minimum atomic E-state index is 0.0835. The third-order valence-electron chi connectivity index (χ3n) is 2.52. The number of rotatable bonds is 6. The standard InChI is InChI=1S/C10H21N3O2/c1-15-6-2-4-12-10(14)8-13-5-3-9(11)7-13/h9H,2-8,11H2,1H3,(H,12,14). The van der Waals surface area contributed by atoms with Gasteiger partial charge in [-0.05, 0) is 12.8 Å². The van der Waals surface area contributed by atoms with Crippen molar-refractivity contribution in [2.24, 2.45) is 5.73 Å². The molecular formula is C10H21N3O2. The van der Waals surface area contributed by atoms with Crippen molar-refractivity contribution in [1.29, 1.82) is 0 Å². The molecular weight excluding hydrogens is 194 g/mol. The number of carbonyl (C=O) groups is 1. The minimum absolute atomic E-state index is 0.0835. The van der Waals surface area contributed by atoms with Crippen LogP contribution in [0.5, 0.6) is 0 Å². The molecule has 1 fully saturated rings. The van der Waals surface area contributed by atoms with Crippen LogP contribution in [0.25, 0.3) is 0 Å². The van der Waals surface area contributed by atoms with E-state index in [1.165, 1.54) is 0 Å². The number of methoxy groups -OCH3 is 1. The van der Waals surface area contributed by atoms with Crippen molar-refractivity contribution in [3.63, 3.8) is 0 Å². The summed E-state index contributed by atoms with van der Waals surface area (Å²) in [5.74, 6) is 0.0835. The van der Waals surface area contributed by atoms with Gasteiger partial charge in [0.2, 0.25) is 5.91 Å². The van der Waals surface area contributed by atoms with E-state index in [1.54, 1.807) is 7.11 Å². The largest absolute Gasteiger partial charge is 0.385 e. The van der Waals surface area contributed by atoms with Gasteiger partial charge in [0, 0.05) is 39.4 Å². The number of ether oxygens (including phenoxy) is 1. The molecule has 0 aromatic heterocycles. The van der Waals surface area contributed by atoms with Gasteiger partial charge < -0.3 is 15.8 Å². The van der Waals surface area contributed by atoms with E-state index in [2.05, 4.69) is 10.2 Å². The first-order valence-electron chi connectivity index (χ1n) is 5.46. The van der Waals surface area contributed by atoms with E-state index in [0.29, 0.717) is 19.7 Å². The first-order valence-corrected chi connectivity index (χ1v) is 5.46. The molecule has 1 saturated heterocycles. The monoisotopic (exact) mass is 215 g/mol. The molecule has 0 radical (unpaired) electrons. The van der Waals surface area contributed by atoms with Crippen LogP contribution in [0.4, 0.5) is 0 Å². The third-order valence-corrected chi connectivity index (χ3v) is 2.52. The molecule has 1 unspecified atom stereocenters. The van der Waals surface area contributed by atoms with Crippen LogP contribution in [0, 0.1) is 0 Å². The lowest BCUT2D eigenvalue weighted by Gasteiger charge is -2.14. The van der Waals surface area contributed by atoms with Crippen molar-refractivity contribution >= 4 is 5.91 Å². The van der Waals surface area contributed by atoms with E-state index in [-0.39, 0.29) is 11.9 Å². The number of nitrogens with one attached hydrogen (secondary N) is 1. The van der Waals surface area contributed by atoms with Gasteiger partial charge >= 0.3 is 0 Å². The summed E-state index contributed by atoms with van der Waals surface area (Å²) in [5, 5.41) is 2.86. The van der Waals surface area contributed by atoms with Gasteiger partial charge in [-0.15, -0.1) is 0 Å². The lowest BCUT2D eigenvalue weighted by Crippen LogP contribution is -2.37. The molecule has 0 saturated carbocycles. The van der Waals surface area contributed by atoms with Gasteiger partial charge in [-0.25, -0.2) is 0 Å². The summed E-state index contributed by atoms with van der Waals surface area (Å²) in [6.07, 6.45) is 1.86. The lowest BCUT2D eigenvalue weighted by molar-refractivity contribution is -0.122. The van der Waals surface area contributed by atoms with E-state index in [9.17, 15) is 4.79 Å². The molecule has 88 valence electrons. The van der Waals surface area contributed by atoms with Crippen LogP contribution < -0.4 is 11.1 Å². The molecule has 0 aliphatic carbocycles. The molecule has 1 heterocycles. The Balaban J connectivity index is 2.03. The molecule has 1 amide bonds. The summed E-state index contributed by atoms with van der Waals surface area (Å²) in [6, 6.07) is 0.242. The molecule has 1 aliphatic heterocycles. The Hall–Kier alpha value is -0.650. The van der Waals surface area contributed by atoms with E-state index in [4.69, 9.17) is 10.5 Å². The molecule has 1 rings (SSSR count). The van der Waals surface area contributed by atoms with Gasteiger partial charge in [-0.2, -0.15) is 0 Å². The average Bonchev–Trinajstić information content (AvgIpc) is 2.59. The zero-order chi connectivity index (χ0) is 11.1. The summed E-state index contributed by atoms with van der Waals surface area (Å²) >= 11 is 0. The van der Waals surface area contributed by atoms with Gasteiger partial charge in [-0.3, -0.25) is 9.69 Å². The normalized spacial score (nSPS) is 21.9. The highest BCUT2D eigenvalue weighted by molar-refractivity contribution is 5.78. The van der Waals surface area contributed by atoms with Gasteiger partial charge in [0.1, 0.15) is 0 Å². The lowest BCUT2D eigenvalue weighted by atomic mass is 10.3. The Bertz CT molecular complexity index is 199. The Labute approximate surface area is 90.9 Å². The molecule has 0 aromatic rings. The maximum absolute atomic E-state index is 11.4. The van der Waals surface area contributed by atoms with Crippen molar-refractivity contribution in [2.45, 2.75) is 18.9 Å². The number of nitrogens with two attached hydrogens (primary N) is 1. The van der Waals surface area contributed by atoms with Crippen molar-refractivity contribution in [3.8, 4) is 0 Å². The van der Waals surface area contributed by atoms with Crippen LogP contribution in [0.2, 0.25) is 0 Å². The average molecular weight is 215 g/mol. The van der Waals surface area contributed by atoms with Gasteiger partial charge in [0.15, 0.2) is 0 Å². The highest BCUT2D eigenvalue weighted by Crippen LogP contribution is 2.05. The predicted octanol–water partition coefficient (Wildman–Crippen LogP) is -0.828. The van der Waals surface area contributed by atoms with Crippen LogP contribution >= 0.6 is 0 Å². The number of carbonyl (C=O) groups excluding carboxylic acids is 1. The molecule has 5 nitrogen and oxygen atoms in total. The first kappa shape index (κ1) is 12.4. The second kappa shape index (κ2) is 6.76. The molecule has 0 spiro atoms. The smallest absolute Gasteiger partial charge is 0.234 e. The van der Waals surface area contributed by atoms with Crippen molar-refractivity contribution in [1.82, 2.24) is 10.2 Å². The van der Waals surface area contributed by atoms with Crippen LogP contribution in [0.1, 0.15) is 12.8 Å². The van der Waals surface area contributed by atoms with E-state index in [0.717, 1.165) is 25.9 Å². The number of hydrogen-bond donors (Lipinski definition) is 2. The van der Waals surface area contributed by atoms with Crippen LogP contribution in [-0.4, -0.2) is 56.7 Å². The van der Waals surface area contributed by atoms with Crippen LogP contribution in [-0.2, 0) is 9.53 Å². The summed E-state index contributed by atoms with van der Waals surface area (Å²) in [5.41, 5.74) is 5.75. The van der Waals surface area contributed by atoms with Crippen molar-refractivity contribution < 1.29 is 9.53 Å². The second-order valence-corrected chi connectivity index (χ2v) is 3.98. The topological polar surface area (TPSA) is 67.6 Å². The Morgan fingerprint density at radius 3 is 3.07 bits per heavy atom. The zero-order valence-corrected chi connectivity index (χ0v) is 9.37. The summed E-state index contributed by atoms with van der Waals surface area (Å²) in [7, 11) is 1.66. The summed E-state index contributed by atoms with van der Waals surface area (Å²) in [4.78, 5) is 13.5. The minimum Gasteiger partial charge on any atom is -0.385 e. The Morgan fingerprint density at radius 2 is 2.47 bits per heavy atom. The summed E-state index contributed by atoms with van der Waals surface area (Å²) < 4.78 is 4.89. The highest BCUT2D eigenvalue weighted by Gasteiger charge is 2.20. The Morgan fingerprint density at radius 1 is 1.67 bits per heavy atom. The molecule has 5 heteroatoms. The fraction of sp³-hybridized carbons (Fsp3) is 0.900. The van der Waals surface area contributed by atoms with Crippen LogP contribution in [0.15, 0.2) is 0 Å². The quantitative estimate of drug-likeness (QED) is 0.568. The Kier molecular flexibility index (Phi) is 5.60. The zero-order valence-electron chi connectivity index (χ0n) is 9.37. The second-order valence-electron chi connectivity index (χ2n) is 3.98. The van der Waals surface area contributed by atoms with Crippen molar-refractivity contribution in [3.05, 3.63) is 0 Å². The SMILES string of the molecule is COCCCNC(=O)CN1CCC(N)C1. The third kappa shape index (κ3) is 5.11. The van der Waals surface area contributed by atoms with Gasteiger partial charge in [0.25, 0.3) is 0 Å². The molecule has 15 heavy (non-hydrogen) atoms. The fourth-order valence-electron chi connectivity index (χ4n) is 1.71. The van der Waals surface area contributed by atoms with Crippen molar-refractivity contribution in [2.75, 3.05) is 39.9 Å². The van der Waals surface area contributed by atoms with E-state index in [1.807, 2.05) is 0 Å². The molecule has 0 bridgehead atoms. The number of amides is 1. The van der Waals surface area contributed by atoms with E-state index >= 15 is 0 Å². The highest BCUT2D eigenvalue weighted by atomic mass is 16.5. The maximum atomic E-state index is 11.4. The first-order chi connectivity index (χ1) is 7.22. The number of likely N-dealkylation sites (tertiary alicyclic amines) is 1. The number of nitrogens with zero attached hydrogens (tertiary/aromatic N) is 1. The van der Waals surface area contributed by atoms with Crippen LogP contribution in [0.3, 0.4) is 0 Å². The predicted molar refractivity (Wildman–Crippen MR) is 58.5 cm³/mol. The molecule has 1 atom stereocenters. The molecule has 3 N–H and O–H groups in total. The van der Waals surface area contributed by atoms with E-state index < -0.39 is 0 Å². The summed E-state index contributed by atoms with van der Waals surface area (Å²) in [6.45, 7) is 3.63. The molecule has 1 aliphatic rings. The van der Waals surface area contributed by atoms with Gasteiger partial charge in [0.05, 0.1) is 6.54 Å². The number of hydrogen-bond acceptors (Lipinski definition) is 4.